The van der Waals surface area contributed by atoms with Crippen molar-refractivity contribution in [1.29, 1.82) is 0 Å². The van der Waals surface area contributed by atoms with E-state index in [0.29, 0.717) is 5.92 Å². The molecule has 1 aliphatic heterocycles. The summed E-state index contributed by atoms with van der Waals surface area (Å²) in [4.78, 5) is 3.28. The van der Waals surface area contributed by atoms with Crippen molar-refractivity contribution >= 4 is 5.57 Å². The molecule has 1 aliphatic rings. The highest BCUT2D eigenvalue weighted by atomic mass is 16.5. The molecule has 1 aromatic rings. The van der Waals surface area contributed by atoms with Gasteiger partial charge in [-0.3, -0.25) is 0 Å². The monoisotopic (exact) mass is 260 g/mol. The number of nitrogens with one attached hydrogen (secondary N) is 2. The van der Waals surface area contributed by atoms with Crippen LogP contribution in [-0.4, -0.2) is 17.6 Å². The van der Waals surface area contributed by atoms with Crippen LogP contribution in [0.4, 0.5) is 0 Å². The molecule has 19 heavy (non-hydrogen) atoms. The van der Waals surface area contributed by atoms with Crippen LogP contribution in [-0.2, 0) is 4.74 Å². The van der Waals surface area contributed by atoms with Gasteiger partial charge in [-0.15, -0.1) is 0 Å². The van der Waals surface area contributed by atoms with Gasteiger partial charge in [-0.2, -0.15) is 0 Å². The summed E-state index contributed by atoms with van der Waals surface area (Å²) in [6.45, 7) is 8.75. The van der Waals surface area contributed by atoms with Gasteiger partial charge in [-0.1, -0.05) is 26.8 Å². The molecule has 3 nitrogen and oxygen atoms in total. The molecule has 2 N–H and O–H groups in total. The summed E-state index contributed by atoms with van der Waals surface area (Å²) in [5.41, 5.74) is 3.38. The van der Waals surface area contributed by atoms with Crippen LogP contribution >= 0.6 is 0 Å². The number of dihydropyridines is 1. The Balaban J connectivity index is 2.39. The minimum absolute atomic E-state index is 0.0174. The van der Waals surface area contributed by atoms with Crippen LogP contribution in [0.5, 0.6) is 0 Å². The van der Waals surface area contributed by atoms with Crippen LogP contribution in [0.15, 0.2) is 30.3 Å². The van der Waals surface area contributed by atoms with Crippen molar-refractivity contribution in [1.82, 2.24) is 10.3 Å². The maximum atomic E-state index is 5.57. The minimum atomic E-state index is -0.0174. The Hall–Kier alpha value is -1.64. The molecule has 2 heterocycles. The molecule has 0 bridgehead atoms. The van der Waals surface area contributed by atoms with Crippen LogP contribution in [0, 0.1) is 12.8 Å². The van der Waals surface area contributed by atoms with E-state index in [0.717, 1.165) is 23.6 Å². The van der Waals surface area contributed by atoms with E-state index in [1.54, 1.807) is 7.11 Å². The van der Waals surface area contributed by atoms with Gasteiger partial charge in [0.2, 0.25) is 0 Å². The van der Waals surface area contributed by atoms with E-state index in [-0.39, 0.29) is 5.54 Å². The van der Waals surface area contributed by atoms with Crippen molar-refractivity contribution < 1.29 is 4.74 Å². The Morgan fingerprint density at radius 2 is 2.11 bits per heavy atom. The molecule has 1 aromatic heterocycles. The van der Waals surface area contributed by atoms with Gasteiger partial charge in [-0.25, -0.2) is 0 Å². The van der Waals surface area contributed by atoms with Crippen molar-refractivity contribution in [3.8, 4) is 0 Å². The Kier molecular flexibility index (Phi) is 3.74. The zero-order valence-electron chi connectivity index (χ0n) is 12.5. The van der Waals surface area contributed by atoms with Gasteiger partial charge in [0.05, 0.1) is 23.9 Å². The molecular formula is C16H24N2O. The first kappa shape index (κ1) is 13.8. The third-order valence-corrected chi connectivity index (χ3v) is 4.08. The number of hydrogen-bond acceptors (Lipinski definition) is 2. The van der Waals surface area contributed by atoms with Crippen LogP contribution in [0.3, 0.4) is 0 Å². The lowest BCUT2D eigenvalue weighted by Gasteiger charge is -2.39. The number of methoxy groups -OCH3 is 1. The Bertz CT molecular complexity index is 511. The molecule has 0 fully saturated rings. The largest absolute Gasteiger partial charge is 0.482 e. The first-order valence-corrected chi connectivity index (χ1v) is 6.93. The number of ether oxygens (including phenoxy) is 1. The Morgan fingerprint density at radius 1 is 1.37 bits per heavy atom. The minimum Gasteiger partial charge on any atom is -0.482 e. The molecular weight excluding hydrogens is 236 g/mol. The zero-order chi connectivity index (χ0) is 14.0. The van der Waals surface area contributed by atoms with Crippen molar-refractivity contribution in [2.45, 2.75) is 39.7 Å². The molecule has 1 atom stereocenters. The summed E-state index contributed by atoms with van der Waals surface area (Å²) < 4.78 is 5.57. The molecule has 0 aromatic carbocycles. The average Bonchev–Trinajstić information content (AvgIpc) is 2.84. The van der Waals surface area contributed by atoms with Gasteiger partial charge < -0.3 is 15.0 Å². The first-order chi connectivity index (χ1) is 9.02. The van der Waals surface area contributed by atoms with Crippen LogP contribution in [0.2, 0.25) is 0 Å². The van der Waals surface area contributed by atoms with E-state index in [4.69, 9.17) is 4.74 Å². The van der Waals surface area contributed by atoms with Gasteiger partial charge in [0.25, 0.3) is 0 Å². The number of aromatic amines is 1. The summed E-state index contributed by atoms with van der Waals surface area (Å²) in [6, 6.07) is 2.13. The van der Waals surface area contributed by atoms with E-state index in [2.05, 4.69) is 56.2 Å². The fraction of sp³-hybridized carbons (Fsp3) is 0.500. The van der Waals surface area contributed by atoms with Crippen LogP contribution in [0.1, 0.15) is 38.4 Å². The van der Waals surface area contributed by atoms with Gasteiger partial charge in [0, 0.05) is 6.20 Å². The summed E-state index contributed by atoms with van der Waals surface area (Å²) in [5.74, 6) is 1.35. The second-order valence-corrected chi connectivity index (χ2v) is 5.54. The maximum Gasteiger partial charge on any atom is 0.196 e. The van der Waals surface area contributed by atoms with Gasteiger partial charge in [-0.05, 0) is 37.0 Å². The summed E-state index contributed by atoms with van der Waals surface area (Å²) in [5, 5.41) is 3.57. The van der Waals surface area contributed by atoms with Gasteiger partial charge in [0.15, 0.2) is 5.88 Å². The molecule has 104 valence electrons. The van der Waals surface area contributed by atoms with Crippen molar-refractivity contribution in [2.24, 2.45) is 5.92 Å². The third-order valence-electron chi connectivity index (χ3n) is 4.08. The predicted octanol–water partition coefficient (Wildman–Crippen LogP) is 3.60. The van der Waals surface area contributed by atoms with Crippen molar-refractivity contribution in [3.63, 3.8) is 0 Å². The normalized spacial score (nSPS) is 22.8. The fourth-order valence-corrected chi connectivity index (χ4v) is 2.61. The van der Waals surface area contributed by atoms with Crippen molar-refractivity contribution in [2.75, 3.05) is 7.11 Å². The standard InChI is InChI=1S/C16H24N2O/c1-6-16(11(2)3)8-7-13(15(18-16)19-5)14-9-12(4)10-17-14/h7-11,17-18H,6H2,1-5H3. The highest BCUT2D eigenvalue weighted by Crippen LogP contribution is 2.32. The fourth-order valence-electron chi connectivity index (χ4n) is 2.61. The second-order valence-electron chi connectivity index (χ2n) is 5.54. The van der Waals surface area contributed by atoms with Gasteiger partial charge in [0.1, 0.15) is 0 Å². The third kappa shape index (κ3) is 2.42. The summed E-state index contributed by atoms with van der Waals surface area (Å²) in [7, 11) is 1.72. The molecule has 0 spiro atoms. The van der Waals surface area contributed by atoms with E-state index in [9.17, 15) is 0 Å². The predicted molar refractivity (Wildman–Crippen MR) is 79.6 cm³/mol. The number of H-pyrrole nitrogens is 1. The zero-order valence-corrected chi connectivity index (χ0v) is 12.5. The van der Waals surface area contributed by atoms with Gasteiger partial charge >= 0.3 is 0 Å². The maximum absolute atomic E-state index is 5.57. The first-order valence-electron chi connectivity index (χ1n) is 6.93. The number of hydrogen-bond donors (Lipinski definition) is 2. The van der Waals surface area contributed by atoms with E-state index < -0.39 is 0 Å². The highest BCUT2D eigenvalue weighted by molar-refractivity contribution is 5.75. The molecule has 0 saturated heterocycles. The van der Waals surface area contributed by atoms with E-state index in [1.165, 1.54) is 5.56 Å². The van der Waals surface area contributed by atoms with Crippen LogP contribution < -0.4 is 5.32 Å². The molecule has 1 unspecified atom stereocenters. The molecule has 0 amide bonds. The molecule has 3 heteroatoms. The molecule has 0 aliphatic carbocycles. The van der Waals surface area contributed by atoms with Crippen LogP contribution in [0.25, 0.3) is 5.57 Å². The lowest BCUT2D eigenvalue weighted by atomic mass is 9.81. The summed E-state index contributed by atoms with van der Waals surface area (Å²) >= 11 is 0. The summed E-state index contributed by atoms with van der Waals surface area (Å²) in [6.07, 6.45) is 7.48. The number of aromatic nitrogens is 1. The topological polar surface area (TPSA) is 37.0 Å². The average molecular weight is 260 g/mol. The van der Waals surface area contributed by atoms with Crippen molar-refractivity contribution in [3.05, 3.63) is 41.6 Å². The smallest absolute Gasteiger partial charge is 0.196 e. The van der Waals surface area contributed by atoms with E-state index >= 15 is 0 Å². The number of aryl methyl sites for hydroxylation is 1. The lowest BCUT2D eigenvalue weighted by molar-refractivity contribution is 0.202. The second kappa shape index (κ2) is 5.16. The number of rotatable bonds is 4. The Morgan fingerprint density at radius 3 is 2.58 bits per heavy atom. The lowest BCUT2D eigenvalue weighted by Crippen LogP contribution is -2.49. The quantitative estimate of drug-likeness (QED) is 0.868. The molecule has 2 rings (SSSR count). The van der Waals surface area contributed by atoms with E-state index in [1.807, 2.05) is 6.20 Å². The number of allylic oxidation sites excluding steroid dienone is 2. The SMILES string of the molecule is CCC1(C(C)C)C=CC(c2cc(C)c[nH]2)=C(OC)N1. The Labute approximate surface area is 115 Å². The molecule has 0 saturated carbocycles. The highest BCUT2D eigenvalue weighted by Gasteiger charge is 2.33. The molecule has 0 radical (unpaired) electrons.